The lowest BCUT2D eigenvalue weighted by Crippen LogP contribution is -1.70. The van der Waals surface area contributed by atoms with Gasteiger partial charge in [-0.25, -0.2) is 0 Å². The van der Waals surface area contributed by atoms with Crippen molar-refractivity contribution in [2.24, 2.45) is 0 Å². The van der Waals surface area contributed by atoms with Crippen LogP contribution in [0.5, 0.6) is 0 Å². The minimum atomic E-state index is 0.429. The zero-order valence-electron chi connectivity index (χ0n) is 5.17. The summed E-state index contributed by atoms with van der Waals surface area (Å²) in [5.74, 6) is 0.840. The van der Waals surface area contributed by atoms with Crippen molar-refractivity contribution >= 4 is 11.6 Å². The molecule has 0 aromatic rings. The normalized spacial score (nSPS) is 10.5. The summed E-state index contributed by atoms with van der Waals surface area (Å²) >= 11 is 5.61. The number of halogens is 1. The molecule has 0 bridgehead atoms. The first-order chi connectivity index (χ1) is 4.86. The van der Waals surface area contributed by atoms with Gasteiger partial charge in [0, 0.05) is 5.56 Å². The van der Waals surface area contributed by atoms with E-state index in [0.29, 0.717) is 5.22 Å². The lowest BCUT2D eigenvalue weighted by atomic mass is 10.3. The molecule has 2 rings (SSSR count). The number of fused-ring (bicyclic) bond motifs is 1. The quantitative estimate of drug-likeness (QED) is 0.566. The van der Waals surface area contributed by atoms with E-state index in [1.165, 1.54) is 0 Å². The van der Waals surface area contributed by atoms with Crippen LogP contribution < -0.4 is 0 Å². The van der Waals surface area contributed by atoms with Crippen molar-refractivity contribution in [3.05, 3.63) is 35.6 Å². The second-order valence-corrected chi connectivity index (χ2v) is 2.46. The molecule has 50 valence electrons. The molecule has 0 N–H and O–H groups in total. The first kappa shape index (κ1) is 5.81. The van der Waals surface area contributed by atoms with Gasteiger partial charge in [-0.2, -0.15) is 0 Å². The van der Waals surface area contributed by atoms with Crippen molar-refractivity contribution in [2.75, 3.05) is 0 Å². The summed E-state index contributed by atoms with van der Waals surface area (Å²) in [4.78, 5) is 0. The summed E-state index contributed by atoms with van der Waals surface area (Å²) in [5, 5.41) is 0.429. The molecule has 2 aliphatic rings. The maximum absolute atomic E-state index is 5.61. The van der Waals surface area contributed by atoms with Gasteiger partial charge < -0.3 is 4.42 Å². The molecule has 0 radical (unpaired) electrons. The minimum Gasteiger partial charge on any atom is -0.445 e. The van der Waals surface area contributed by atoms with Crippen molar-refractivity contribution in [1.82, 2.24) is 0 Å². The molecule has 10 heavy (non-hydrogen) atoms. The van der Waals surface area contributed by atoms with Crippen molar-refractivity contribution < 1.29 is 4.42 Å². The third kappa shape index (κ3) is 0.792. The molecule has 1 nitrogen and oxygen atoms in total. The van der Waals surface area contributed by atoms with Crippen molar-refractivity contribution in [1.29, 1.82) is 0 Å². The van der Waals surface area contributed by atoms with E-state index in [-0.39, 0.29) is 0 Å². The fraction of sp³-hybridized carbons (Fsp3) is 0. The molecular formula is C8H5ClO. The van der Waals surface area contributed by atoms with Crippen LogP contribution >= 0.6 is 11.6 Å². The Labute approximate surface area is 63.6 Å². The number of rotatable bonds is 0. The molecule has 0 aromatic heterocycles. The molecule has 1 heterocycles. The summed E-state index contributed by atoms with van der Waals surface area (Å²) < 4.78 is 5.17. The molecular weight excluding hydrogens is 148 g/mol. The SMILES string of the molecule is Clc1ccc2cccc-2o1. The highest BCUT2D eigenvalue weighted by atomic mass is 35.5. The van der Waals surface area contributed by atoms with Crippen LogP contribution in [0.2, 0.25) is 5.22 Å². The molecule has 0 aromatic carbocycles. The predicted octanol–water partition coefficient (Wildman–Crippen LogP) is 3.04. The molecule has 0 saturated heterocycles. The minimum absolute atomic E-state index is 0.429. The highest BCUT2D eigenvalue weighted by Gasteiger charge is 2.02. The Bertz CT molecular complexity index is 313. The predicted molar refractivity (Wildman–Crippen MR) is 40.3 cm³/mol. The average molecular weight is 153 g/mol. The summed E-state index contributed by atoms with van der Waals surface area (Å²) in [6.45, 7) is 0. The van der Waals surface area contributed by atoms with E-state index in [9.17, 15) is 0 Å². The Hall–Kier alpha value is -0.950. The number of hydrogen-bond donors (Lipinski definition) is 0. The zero-order chi connectivity index (χ0) is 6.97. The third-order valence-electron chi connectivity index (χ3n) is 1.41. The first-order valence-electron chi connectivity index (χ1n) is 3.00. The van der Waals surface area contributed by atoms with Gasteiger partial charge in [-0.1, -0.05) is 12.1 Å². The lowest BCUT2D eigenvalue weighted by molar-refractivity contribution is 0.569. The highest BCUT2D eigenvalue weighted by Crippen LogP contribution is 2.25. The Morgan fingerprint density at radius 1 is 1.10 bits per heavy atom. The lowest BCUT2D eigenvalue weighted by Gasteiger charge is -1.95. The monoisotopic (exact) mass is 152 g/mol. The van der Waals surface area contributed by atoms with Crippen LogP contribution in [0.4, 0.5) is 0 Å². The molecule has 0 fully saturated rings. The van der Waals surface area contributed by atoms with Crippen molar-refractivity contribution in [3.63, 3.8) is 0 Å². The molecule has 0 amide bonds. The van der Waals surface area contributed by atoms with Gasteiger partial charge in [-0.05, 0) is 29.8 Å². The smallest absolute Gasteiger partial charge is 0.193 e. The summed E-state index contributed by atoms with van der Waals surface area (Å²) in [6.07, 6.45) is 0. The third-order valence-corrected chi connectivity index (χ3v) is 1.61. The second kappa shape index (κ2) is 2.03. The van der Waals surface area contributed by atoms with Gasteiger partial charge in [0.25, 0.3) is 0 Å². The van der Waals surface area contributed by atoms with E-state index < -0.39 is 0 Å². The van der Waals surface area contributed by atoms with Gasteiger partial charge in [-0.3, -0.25) is 0 Å². The van der Waals surface area contributed by atoms with Gasteiger partial charge in [0.1, 0.15) is 5.76 Å². The van der Waals surface area contributed by atoms with E-state index in [0.717, 1.165) is 11.3 Å². The van der Waals surface area contributed by atoms with Crippen LogP contribution in [0, 0.1) is 0 Å². The molecule has 1 aliphatic heterocycles. The van der Waals surface area contributed by atoms with E-state index in [2.05, 4.69) is 0 Å². The Kier molecular flexibility index (Phi) is 1.18. The van der Waals surface area contributed by atoms with E-state index >= 15 is 0 Å². The van der Waals surface area contributed by atoms with Gasteiger partial charge in [0.2, 0.25) is 0 Å². The summed E-state index contributed by atoms with van der Waals surface area (Å²) in [7, 11) is 0. The summed E-state index contributed by atoms with van der Waals surface area (Å²) in [5.41, 5.74) is 1.09. The molecule has 2 heteroatoms. The first-order valence-corrected chi connectivity index (χ1v) is 3.38. The van der Waals surface area contributed by atoms with Crippen molar-refractivity contribution in [2.45, 2.75) is 0 Å². The van der Waals surface area contributed by atoms with Crippen LogP contribution in [-0.4, -0.2) is 0 Å². The van der Waals surface area contributed by atoms with Crippen LogP contribution in [-0.2, 0) is 0 Å². The Morgan fingerprint density at radius 2 is 2.00 bits per heavy atom. The van der Waals surface area contributed by atoms with Gasteiger partial charge in [0.15, 0.2) is 5.22 Å². The van der Waals surface area contributed by atoms with Crippen LogP contribution in [0.3, 0.4) is 0 Å². The maximum atomic E-state index is 5.61. The van der Waals surface area contributed by atoms with Gasteiger partial charge >= 0.3 is 0 Å². The van der Waals surface area contributed by atoms with E-state index in [4.69, 9.17) is 16.0 Å². The topological polar surface area (TPSA) is 13.1 Å². The molecule has 0 saturated carbocycles. The molecule has 1 aliphatic carbocycles. The van der Waals surface area contributed by atoms with Gasteiger partial charge in [0.05, 0.1) is 0 Å². The standard InChI is InChI=1S/C8H5ClO/c9-8-5-4-6-2-1-3-7(6)10-8/h1-5H. The molecule has 0 spiro atoms. The fourth-order valence-electron chi connectivity index (χ4n) is 0.943. The fourth-order valence-corrected chi connectivity index (χ4v) is 1.09. The Morgan fingerprint density at radius 3 is 2.90 bits per heavy atom. The van der Waals surface area contributed by atoms with E-state index in [1.54, 1.807) is 6.07 Å². The van der Waals surface area contributed by atoms with Gasteiger partial charge in [-0.15, -0.1) is 0 Å². The average Bonchev–Trinajstić information content (AvgIpc) is 2.33. The zero-order valence-corrected chi connectivity index (χ0v) is 5.93. The van der Waals surface area contributed by atoms with Crippen LogP contribution in [0.15, 0.2) is 34.7 Å². The Balaban J connectivity index is 2.75. The molecule has 0 atom stereocenters. The second-order valence-electron chi connectivity index (χ2n) is 2.08. The van der Waals surface area contributed by atoms with E-state index in [1.807, 2.05) is 24.3 Å². The van der Waals surface area contributed by atoms with Crippen LogP contribution in [0.25, 0.3) is 11.3 Å². The largest absolute Gasteiger partial charge is 0.445 e. The summed E-state index contributed by atoms with van der Waals surface area (Å²) in [6, 6.07) is 9.48. The molecule has 0 unspecified atom stereocenters. The maximum Gasteiger partial charge on any atom is 0.193 e. The van der Waals surface area contributed by atoms with Crippen LogP contribution in [0.1, 0.15) is 0 Å². The number of hydrogen-bond acceptors (Lipinski definition) is 1. The van der Waals surface area contributed by atoms with Crippen molar-refractivity contribution in [3.8, 4) is 11.3 Å². The highest BCUT2D eigenvalue weighted by molar-refractivity contribution is 6.28.